The minimum Gasteiger partial charge on any atom is -0.462 e. The van der Waals surface area contributed by atoms with E-state index in [4.69, 9.17) is 0 Å². The standard InChI is InChI=1S/C8H9F2NO2S/c1-2-13-7(12)8(9,10)5-6-11-3-4-14-6/h3-4H,2,5H2,1H3. The minimum absolute atomic E-state index is 0.0493. The topological polar surface area (TPSA) is 39.2 Å². The Morgan fingerprint density at radius 3 is 2.93 bits per heavy atom. The van der Waals surface area contributed by atoms with Gasteiger partial charge in [-0.2, -0.15) is 8.78 Å². The molecule has 0 saturated carbocycles. The van der Waals surface area contributed by atoms with Crippen LogP contribution in [0.15, 0.2) is 11.6 Å². The second-order valence-electron chi connectivity index (χ2n) is 2.53. The molecular weight excluding hydrogens is 212 g/mol. The van der Waals surface area contributed by atoms with Crippen molar-refractivity contribution in [1.82, 2.24) is 4.98 Å². The lowest BCUT2D eigenvalue weighted by atomic mass is 10.2. The van der Waals surface area contributed by atoms with Gasteiger partial charge in [-0.1, -0.05) is 0 Å². The Morgan fingerprint density at radius 1 is 1.71 bits per heavy atom. The van der Waals surface area contributed by atoms with E-state index >= 15 is 0 Å². The molecular formula is C8H9F2NO2S. The van der Waals surface area contributed by atoms with E-state index in [9.17, 15) is 13.6 Å². The fraction of sp³-hybridized carbons (Fsp3) is 0.500. The van der Waals surface area contributed by atoms with E-state index in [0.29, 0.717) is 0 Å². The summed E-state index contributed by atoms with van der Waals surface area (Å²) in [4.78, 5) is 14.5. The van der Waals surface area contributed by atoms with E-state index in [-0.39, 0.29) is 11.6 Å². The van der Waals surface area contributed by atoms with Crippen LogP contribution < -0.4 is 0 Å². The molecule has 0 aliphatic rings. The maximum absolute atomic E-state index is 13.1. The number of aromatic nitrogens is 1. The van der Waals surface area contributed by atoms with Crippen molar-refractivity contribution in [2.45, 2.75) is 19.3 Å². The highest BCUT2D eigenvalue weighted by atomic mass is 32.1. The molecule has 0 aliphatic heterocycles. The predicted molar refractivity (Wildman–Crippen MR) is 47.4 cm³/mol. The summed E-state index contributed by atoms with van der Waals surface area (Å²) in [6.45, 7) is 1.43. The summed E-state index contributed by atoms with van der Waals surface area (Å²) >= 11 is 1.09. The number of hydrogen-bond acceptors (Lipinski definition) is 4. The Labute approximate surface area is 83.7 Å². The molecule has 3 nitrogen and oxygen atoms in total. The molecule has 0 unspecified atom stereocenters. The smallest absolute Gasteiger partial charge is 0.377 e. The Balaban J connectivity index is 2.61. The lowest BCUT2D eigenvalue weighted by Crippen LogP contribution is -2.33. The molecule has 0 N–H and O–H groups in total. The first kappa shape index (κ1) is 11.0. The van der Waals surface area contributed by atoms with Crippen LogP contribution in [0.5, 0.6) is 0 Å². The van der Waals surface area contributed by atoms with Crippen LogP contribution in [0.1, 0.15) is 11.9 Å². The van der Waals surface area contributed by atoms with Gasteiger partial charge in [-0.05, 0) is 6.92 Å². The second-order valence-corrected chi connectivity index (χ2v) is 3.51. The van der Waals surface area contributed by atoms with Crippen LogP contribution in [0.3, 0.4) is 0 Å². The molecule has 0 atom stereocenters. The Morgan fingerprint density at radius 2 is 2.43 bits per heavy atom. The van der Waals surface area contributed by atoms with Crippen LogP contribution in [-0.4, -0.2) is 23.5 Å². The fourth-order valence-corrected chi connectivity index (χ4v) is 1.50. The third-order valence-electron chi connectivity index (χ3n) is 1.43. The number of hydrogen-bond donors (Lipinski definition) is 0. The summed E-state index contributed by atoms with van der Waals surface area (Å²) in [6.07, 6.45) is 0.727. The number of halogens is 2. The number of nitrogens with zero attached hydrogens (tertiary/aromatic N) is 1. The Hall–Kier alpha value is -1.04. The number of carbonyl (C=O) groups is 1. The second kappa shape index (κ2) is 4.45. The molecule has 6 heteroatoms. The van der Waals surface area contributed by atoms with Gasteiger partial charge in [0.05, 0.1) is 18.0 Å². The van der Waals surface area contributed by atoms with Crippen LogP contribution in [0, 0.1) is 0 Å². The van der Waals surface area contributed by atoms with Gasteiger partial charge in [0.2, 0.25) is 0 Å². The van der Waals surface area contributed by atoms with Crippen LogP contribution in [0.2, 0.25) is 0 Å². The molecule has 0 fully saturated rings. The van der Waals surface area contributed by atoms with Crippen LogP contribution in [-0.2, 0) is 16.0 Å². The maximum Gasteiger partial charge on any atom is 0.377 e. The monoisotopic (exact) mass is 221 g/mol. The Kier molecular flexibility index (Phi) is 3.51. The minimum atomic E-state index is -3.48. The highest BCUT2D eigenvalue weighted by molar-refractivity contribution is 7.09. The van der Waals surface area contributed by atoms with Gasteiger partial charge in [0.1, 0.15) is 0 Å². The van der Waals surface area contributed by atoms with Gasteiger partial charge in [0, 0.05) is 11.6 Å². The summed E-state index contributed by atoms with van der Waals surface area (Å²) in [5.41, 5.74) is 0. The molecule has 0 bridgehead atoms. The zero-order valence-corrected chi connectivity index (χ0v) is 8.31. The number of esters is 1. The summed E-state index contributed by atoms with van der Waals surface area (Å²) in [5, 5.41) is 1.80. The summed E-state index contributed by atoms with van der Waals surface area (Å²) < 4.78 is 30.4. The molecule has 0 amide bonds. The first-order chi connectivity index (χ1) is 6.56. The maximum atomic E-state index is 13.1. The van der Waals surface area contributed by atoms with Crippen molar-refractivity contribution in [2.75, 3.05) is 6.61 Å². The van der Waals surface area contributed by atoms with Crippen molar-refractivity contribution < 1.29 is 18.3 Å². The number of carbonyl (C=O) groups excluding carboxylic acids is 1. The third kappa shape index (κ3) is 2.73. The van der Waals surface area contributed by atoms with Gasteiger partial charge in [-0.3, -0.25) is 0 Å². The molecule has 1 aromatic heterocycles. The van der Waals surface area contributed by atoms with E-state index in [1.54, 1.807) is 5.38 Å². The fourth-order valence-electron chi connectivity index (χ4n) is 0.839. The SMILES string of the molecule is CCOC(=O)C(F)(F)Cc1nccs1. The summed E-state index contributed by atoms with van der Waals surface area (Å²) in [7, 11) is 0. The zero-order chi connectivity index (χ0) is 10.6. The molecule has 0 radical (unpaired) electrons. The molecule has 14 heavy (non-hydrogen) atoms. The predicted octanol–water partition coefficient (Wildman–Crippen LogP) is 1.88. The lowest BCUT2D eigenvalue weighted by molar-refractivity contribution is -0.171. The van der Waals surface area contributed by atoms with Crippen molar-refractivity contribution in [3.63, 3.8) is 0 Å². The van der Waals surface area contributed by atoms with E-state index in [2.05, 4.69) is 9.72 Å². The van der Waals surface area contributed by atoms with E-state index in [1.807, 2.05) is 0 Å². The van der Waals surface area contributed by atoms with Crippen molar-refractivity contribution in [3.05, 3.63) is 16.6 Å². The first-order valence-corrected chi connectivity index (χ1v) is 4.87. The molecule has 78 valence electrons. The average molecular weight is 221 g/mol. The van der Waals surface area contributed by atoms with E-state index in [0.717, 1.165) is 11.3 Å². The molecule has 1 aromatic rings. The highest BCUT2D eigenvalue weighted by Crippen LogP contribution is 2.22. The van der Waals surface area contributed by atoms with E-state index in [1.165, 1.54) is 13.1 Å². The van der Waals surface area contributed by atoms with Crippen molar-refractivity contribution in [3.8, 4) is 0 Å². The molecule has 1 heterocycles. The molecule has 0 aliphatic carbocycles. The number of ether oxygens (including phenoxy) is 1. The molecule has 0 spiro atoms. The van der Waals surface area contributed by atoms with Gasteiger partial charge in [0.15, 0.2) is 0 Å². The van der Waals surface area contributed by atoms with Gasteiger partial charge in [0.25, 0.3) is 0 Å². The van der Waals surface area contributed by atoms with Crippen molar-refractivity contribution in [2.24, 2.45) is 0 Å². The highest BCUT2D eigenvalue weighted by Gasteiger charge is 2.41. The van der Waals surface area contributed by atoms with Gasteiger partial charge in [-0.15, -0.1) is 11.3 Å². The molecule has 1 rings (SSSR count). The van der Waals surface area contributed by atoms with Gasteiger partial charge < -0.3 is 4.74 Å². The third-order valence-corrected chi connectivity index (χ3v) is 2.21. The zero-order valence-electron chi connectivity index (χ0n) is 7.50. The summed E-state index contributed by atoms with van der Waals surface area (Å²) in [5.74, 6) is -4.97. The average Bonchev–Trinajstić information content (AvgIpc) is 2.56. The van der Waals surface area contributed by atoms with Gasteiger partial charge >= 0.3 is 11.9 Å². The number of alkyl halides is 2. The summed E-state index contributed by atoms with van der Waals surface area (Å²) in [6, 6.07) is 0. The Bertz CT molecular complexity index is 300. The van der Waals surface area contributed by atoms with Crippen molar-refractivity contribution >= 4 is 17.3 Å². The molecule has 0 saturated heterocycles. The first-order valence-electron chi connectivity index (χ1n) is 3.99. The molecule has 0 aromatic carbocycles. The van der Waals surface area contributed by atoms with Gasteiger partial charge in [-0.25, -0.2) is 9.78 Å². The van der Waals surface area contributed by atoms with E-state index < -0.39 is 18.3 Å². The largest absolute Gasteiger partial charge is 0.462 e. The quantitative estimate of drug-likeness (QED) is 0.729. The number of rotatable bonds is 4. The lowest BCUT2D eigenvalue weighted by Gasteiger charge is -2.12. The van der Waals surface area contributed by atoms with Crippen molar-refractivity contribution in [1.29, 1.82) is 0 Å². The van der Waals surface area contributed by atoms with Crippen LogP contribution in [0.25, 0.3) is 0 Å². The normalized spacial score (nSPS) is 11.4. The number of thiazole rings is 1. The van der Waals surface area contributed by atoms with Crippen LogP contribution in [0.4, 0.5) is 8.78 Å². The van der Waals surface area contributed by atoms with Crippen LogP contribution >= 0.6 is 11.3 Å².